The molecule has 0 aromatic heterocycles. The van der Waals surface area contributed by atoms with E-state index in [1.54, 1.807) is 0 Å². The van der Waals surface area contributed by atoms with Crippen molar-refractivity contribution in [1.29, 1.82) is 0 Å². The number of carbonyl (C=O) groups excluding carboxylic acids is 1. The summed E-state index contributed by atoms with van der Waals surface area (Å²) in [5, 5.41) is 11.6. The third kappa shape index (κ3) is 2.70. The summed E-state index contributed by atoms with van der Waals surface area (Å²) in [7, 11) is -4.25. The van der Waals surface area contributed by atoms with Crippen molar-refractivity contribution in [2.45, 2.75) is 36.6 Å². The van der Waals surface area contributed by atoms with E-state index >= 15 is 0 Å². The number of rotatable bonds is 3. The molecule has 7 nitrogen and oxygen atoms in total. The summed E-state index contributed by atoms with van der Waals surface area (Å²) < 4.78 is 40.4. The van der Waals surface area contributed by atoms with Crippen molar-refractivity contribution in [1.82, 2.24) is 4.31 Å². The molecule has 0 bridgehead atoms. The Balaban J connectivity index is 2.04. The molecule has 1 fully saturated rings. The van der Waals surface area contributed by atoms with Crippen LogP contribution >= 0.6 is 0 Å². The molecule has 0 aliphatic carbocycles. The van der Waals surface area contributed by atoms with Crippen LogP contribution in [0, 0.1) is 5.82 Å². The van der Waals surface area contributed by atoms with Gasteiger partial charge < -0.3 is 10.4 Å². The fourth-order valence-corrected chi connectivity index (χ4v) is 4.73. The first-order valence-corrected chi connectivity index (χ1v) is 8.61. The molecule has 2 aliphatic heterocycles. The number of halogens is 1. The van der Waals surface area contributed by atoms with E-state index in [9.17, 15) is 22.4 Å². The molecule has 2 heterocycles. The molecule has 1 unspecified atom stereocenters. The van der Waals surface area contributed by atoms with Crippen molar-refractivity contribution in [3.05, 3.63) is 23.5 Å². The number of carboxylic acids is 1. The van der Waals surface area contributed by atoms with E-state index in [0.717, 1.165) is 10.4 Å². The van der Waals surface area contributed by atoms with Gasteiger partial charge in [-0.1, -0.05) is 0 Å². The molecule has 2 aliphatic rings. The average molecular weight is 342 g/mol. The highest BCUT2D eigenvalue weighted by atomic mass is 32.2. The lowest BCUT2D eigenvalue weighted by Crippen LogP contribution is -2.40. The predicted molar refractivity (Wildman–Crippen MR) is 77.9 cm³/mol. The number of sulfonamides is 1. The summed E-state index contributed by atoms with van der Waals surface area (Å²) in [6.07, 6.45) is 1.13. The molecule has 2 N–H and O–H groups in total. The first kappa shape index (κ1) is 15.9. The van der Waals surface area contributed by atoms with Crippen molar-refractivity contribution in [2.24, 2.45) is 0 Å². The number of hydrogen-bond donors (Lipinski definition) is 2. The van der Waals surface area contributed by atoms with Crippen molar-refractivity contribution in [3.8, 4) is 0 Å². The summed E-state index contributed by atoms with van der Waals surface area (Å²) in [5.41, 5.74) is 0.782. The SMILES string of the molecule is O=C1CCc2cc(S(=O)(=O)N3CCCC3C(=O)O)c(F)cc2N1. The molecule has 0 spiro atoms. The van der Waals surface area contributed by atoms with Crippen LogP contribution in [-0.4, -0.2) is 42.3 Å². The van der Waals surface area contributed by atoms with Crippen LogP contribution in [0.1, 0.15) is 24.8 Å². The van der Waals surface area contributed by atoms with Gasteiger partial charge in [0.2, 0.25) is 15.9 Å². The summed E-state index contributed by atoms with van der Waals surface area (Å²) in [6.45, 7) is 0.0482. The topological polar surface area (TPSA) is 104 Å². The van der Waals surface area contributed by atoms with Crippen LogP contribution in [0.4, 0.5) is 10.1 Å². The predicted octanol–water partition coefficient (Wildman–Crippen LogP) is 0.948. The zero-order valence-corrected chi connectivity index (χ0v) is 12.9. The number of hydrogen-bond acceptors (Lipinski definition) is 4. The number of carboxylic acid groups (broad SMARTS) is 1. The minimum Gasteiger partial charge on any atom is -0.480 e. The molecule has 1 aromatic carbocycles. The van der Waals surface area contributed by atoms with E-state index in [4.69, 9.17) is 5.11 Å². The Morgan fingerprint density at radius 2 is 2.09 bits per heavy atom. The van der Waals surface area contributed by atoms with Gasteiger partial charge in [-0.25, -0.2) is 12.8 Å². The third-order valence-corrected chi connectivity index (χ3v) is 6.05. The van der Waals surface area contributed by atoms with Crippen LogP contribution < -0.4 is 5.32 Å². The Morgan fingerprint density at radius 1 is 1.35 bits per heavy atom. The number of benzene rings is 1. The maximum Gasteiger partial charge on any atom is 0.322 e. The van der Waals surface area contributed by atoms with Crippen molar-refractivity contribution in [3.63, 3.8) is 0 Å². The normalized spacial score (nSPS) is 21.8. The van der Waals surface area contributed by atoms with Crippen LogP contribution in [-0.2, 0) is 26.0 Å². The summed E-state index contributed by atoms with van der Waals surface area (Å²) in [5.74, 6) is -2.49. The Bertz CT molecular complexity index is 793. The Labute approximate surface area is 132 Å². The maximum atomic E-state index is 14.3. The molecule has 0 radical (unpaired) electrons. The van der Waals surface area contributed by atoms with Gasteiger partial charge in [-0.15, -0.1) is 0 Å². The van der Waals surface area contributed by atoms with Gasteiger partial charge >= 0.3 is 5.97 Å². The quantitative estimate of drug-likeness (QED) is 0.851. The molecule has 23 heavy (non-hydrogen) atoms. The van der Waals surface area contributed by atoms with Gasteiger partial charge in [0.25, 0.3) is 0 Å². The molecule has 1 amide bonds. The minimum absolute atomic E-state index is 0.0482. The highest BCUT2D eigenvalue weighted by Crippen LogP contribution is 2.32. The second kappa shape index (κ2) is 5.57. The van der Waals surface area contributed by atoms with Crippen LogP contribution in [0.15, 0.2) is 17.0 Å². The molecule has 9 heteroatoms. The van der Waals surface area contributed by atoms with E-state index in [0.29, 0.717) is 18.4 Å². The zero-order valence-electron chi connectivity index (χ0n) is 12.1. The molecule has 0 saturated carbocycles. The number of fused-ring (bicyclic) bond motifs is 1. The number of carbonyl (C=O) groups is 2. The van der Waals surface area contributed by atoms with Gasteiger partial charge in [-0.05, 0) is 37.0 Å². The largest absolute Gasteiger partial charge is 0.480 e. The standard InChI is InChI=1S/C14H15FN2O5S/c15-9-7-10-8(3-4-13(18)16-10)6-12(9)23(21,22)17-5-1-2-11(17)14(19)20/h6-7,11H,1-5H2,(H,16,18)(H,19,20). The first-order valence-electron chi connectivity index (χ1n) is 7.17. The van der Waals surface area contributed by atoms with Gasteiger partial charge in [-0.3, -0.25) is 9.59 Å². The lowest BCUT2D eigenvalue weighted by molar-refractivity contribution is -0.140. The highest BCUT2D eigenvalue weighted by molar-refractivity contribution is 7.89. The van der Waals surface area contributed by atoms with E-state index in [1.165, 1.54) is 6.07 Å². The average Bonchev–Trinajstić information content (AvgIpc) is 2.96. The number of anilines is 1. The second-order valence-electron chi connectivity index (χ2n) is 5.60. The summed E-state index contributed by atoms with van der Waals surface area (Å²) in [4.78, 5) is 22.0. The van der Waals surface area contributed by atoms with Crippen molar-refractivity contribution in [2.75, 3.05) is 11.9 Å². The van der Waals surface area contributed by atoms with Crippen LogP contribution in [0.3, 0.4) is 0 Å². The number of aliphatic carboxylic acids is 1. The molecular formula is C14H15FN2O5S. The van der Waals surface area contributed by atoms with Gasteiger partial charge in [0.15, 0.2) is 0 Å². The molecule has 124 valence electrons. The fraction of sp³-hybridized carbons (Fsp3) is 0.429. The van der Waals surface area contributed by atoms with E-state index in [2.05, 4.69) is 5.32 Å². The van der Waals surface area contributed by atoms with Crippen LogP contribution in [0.5, 0.6) is 0 Å². The minimum atomic E-state index is -4.25. The number of nitrogens with one attached hydrogen (secondary N) is 1. The Hall–Kier alpha value is -2.00. The van der Waals surface area contributed by atoms with Crippen molar-refractivity contribution >= 4 is 27.6 Å². The Morgan fingerprint density at radius 3 is 2.78 bits per heavy atom. The number of amides is 1. The zero-order chi connectivity index (χ0) is 16.8. The van der Waals surface area contributed by atoms with Gasteiger partial charge in [-0.2, -0.15) is 4.31 Å². The van der Waals surface area contributed by atoms with E-state index in [1.807, 2.05) is 0 Å². The van der Waals surface area contributed by atoms with E-state index < -0.39 is 32.7 Å². The lowest BCUT2D eigenvalue weighted by atomic mass is 10.0. The van der Waals surface area contributed by atoms with E-state index in [-0.39, 0.29) is 31.0 Å². The smallest absolute Gasteiger partial charge is 0.322 e. The molecule has 1 aromatic rings. The molecule has 1 atom stereocenters. The monoisotopic (exact) mass is 342 g/mol. The maximum absolute atomic E-state index is 14.3. The van der Waals surface area contributed by atoms with Gasteiger partial charge in [0.05, 0.1) is 0 Å². The van der Waals surface area contributed by atoms with Crippen LogP contribution in [0.2, 0.25) is 0 Å². The third-order valence-electron chi connectivity index (χ3n) is 4.13. The molecule has 1 saturated heterocycles. The number of nitrogens with zero attached hydrogens (tertiary/aromatic N) is 1. The molecule has 3 rings (SSSR count). The van der Waals surface area contributed by atoms with Gasteiger partial charge in [0, 0.05) is 18.7 Å². The van der Waals surface area contributed by atoms with Gasteiger partial charge in [0.1, 0.15) is 16.8 Å². The summed E-state index contributed by atoms with van der Waals surface area (Å²) in [6, 6.07) is 0.997. The highest BCUT2D eigenvalue weighted by Gasteiger charge is 2.41. The second-order valence-corrected chi connectivity index (χ2v) is 7.46. The summed E-state index contributed by atoms with van der Waals surface area (Å²) >= 11 is 0. The molecular weight excluding hydrogens is 327 g/mol. The fourth-order valence-electron chi connectivity index (χ4n) is 2.98. The van der Waals surface area contributed by atoms with Crippen molar-refractivity contribution < 1.29 is 27.5 Å². The first-order chi connectivity index (χ1) is 10.8. The lowest BCUT2D eigenvalue weighted by Gasteiger charge is -2.23. The Kier molecular flexibility index (Phi) is 3.85. The number of aryl methyl sites for hydroxylation is 1. The van der Waals surface area contributed by atoms with Crippen LogP contribution in [0.25, 0.3) is 0 Å².